The van der Waals surface area contributed by atoms with Crippen LogP contribution >= 0.6 is 11.8 Å². The Morgan fingerprint density at radius 2 is 1.78 bits per heavy atom. The lowest BCUT2D eigenvalue weighted by atomic mass is 10.1. The lowest BCUT2D eigenvalue weighted by Gasteiger charge is -2.26. The molecule has 18 heavy (non-hydrogen) atoms. The predicted molar refractivity (Wildman–Crippen MR) is 78.1 cm³/mol. The zero-order valence-electron chi connectivity index (χ0n) is 11.3. The highest BCUT2D eigenvalue weighted by atomic mass is 32.2. The first-order valence-corrected chi connectivity index (χ1v) is 7.70. The van der Waals surface area contributed by atoms with Crippen LogP contribution in [-0.2, 0) is 0 Å². The van der Waals surface area contributed by atoms with Crippen molar-refractivity contribution in [3.63, 3.8) is 0 Å². The first kappa shape index (κ1) is 13.9. The maximum absolute atomic E-state index is 9.61. The second-order valence-electron chi connectivity index (χ2n) is 5.18. The van der Waals surface area contributed by atoms with E-state index in [1.165, 1.54) is 23.3 Å². The van der Waals surface area contributed by atoms with Crippen LogP contribution in [0.25, 0.3) is 0 Å². The number of nitrogens with zero attached hydrogens (tertiary/aromatic N) is 1. The van der Waals surface area contributed by atoms with Gasteiger partial charge < -0.3 is 5.11 Å². The zero-order chi connectivity index (χ0) is 13.0. The molecule has 0 radical (unpaired) electrons. The summed E-state index contributed by atoms with van der Waals surface area (Å²) in [6.07, 6.45) is 2.52. The molecule has 0 aromatic heterocycles. The van der Waals surface area contributed by atoms with Crippen molar-refractivity contribution in [1.29, 1.82) is 0 Å². The Morgan fingerprint density at radius 1 is 1.17 bits per heavy atom. The van der Waals surface area contributed by atoms with Crippen molar-refractivity contribution in [2.45, 2.75) is 42.9 Å². The van der Waals surface area contributed by atoms with Gasteiger partial charge >= 0.3 is 0 Å². The molecule has 2 nitrogen and oxygen atoms in total. The molecule has 0 aliphatic carbocycles. The van der Waals surface area contributed by atoms with Crippen molar-refractivity contribution in [2.75, 3.05) is 19.7 Å². The Balaban J connectivity index is 2.06. The third-order valence-electron chi connectivity index (χ3n) is 3.39. The molecule has 0 bridgehead atoms. The highest BCUT2D eigenvalue weighted by Gasteiger charge is 2.22. The summed E-state index contributed by atoms with van der Waals surface area (Å²) >= 11 is 1.88. The molecule has 1 unspecified atom stereocenters. The van der Waals surface area contributed by atoms with Gasteiger partial charge in [-0.15, -0.1) is 11.8 Å². The van der Waals surface area contributed by atoms with Crippen LogP contribution in [0.4, 0.5) is 0 Å². The van der Waals surface area contributed by atoms with E-state index in [1.54, 1.807) is 0 Å². The van der Waals surface area contributed by atoms with Crippen molar-refractivity contribution in [2.24, 2.45) is 0 Å². The van der Waals surface area contributed by atoms with Gasteiger partial charge in [0.05, 0.1) is 12.6 Å². The van der Waals surface area contributed by atoms with Crippen LogP contribution in [0.5, 0.6) is 0 Å². The third kappa shape index (κ3) is 3.50. The van der Waals surface area contributed by atoms with Gasteiger partial charge in [0, 0.05) is 10.1 Å². The lowest BCUT2D eigenvalue weighted by Crippen LogP contribution is -2.28. The van der Waals surface area contributed by atoms with Gasteiger partial charge in [0.1, 0.15) is 0 Å². The SMILES string of the molecule is CC(C)Sc1ccc(C(CO)N2CCCC2)cc1. The van der Waals surface area contributed by atoms with Crippen LogP contribution in [0, 0.1) is 0 Å². The second kappa shape index (κ2) is 6.60. The van der Waals surface area contributed by atoms with E-state index in [9.17, 15) is 5.11 Å². The molecule has 1 N–H and O–H groups in total. The summed E-state index contributed by atoms with van der Waals surface area (Å²) in [6, 6.07) is 8.89. The summed E-state index contributed by atoms with van der Waals surface area (Å²) in [4.78, 5) is 3.71. The lowest BCUT2D eigenvalue weighted by molar-refractivity contribution is 0.147. The molecular formula is C15H23NOS. The van der Waals surface area contributed by atoms with Crippen LogP contribution < -0.4 is 0 Å². The molecule has 1 heterocycles. The number of likely N-dealkylation sites (tertiary alicyclic amines) is 1. The number of rotatable bonds is 5. The van der Waals surface area contributed by atoms with E-state index in [-0.39, 0.29) is 12.6 Å². The fourth-order valence-corrected chi connectivity index (χ4v) is 3.36. The number of hydrogen-bond acceptors (Lipinski definition) is 3. The molecule has 3 heteroatoms. The van der Waals surface area contributed by atoms with E-state index >= 15 is 0 Å². The van der Waals surface area contributed by atoms with Crippen LogP contribution in [0.1, 0.15) is 38.3 Å². The number of benzene rings is 1. The minimum atomic E-state index is 0.186. The summed E-state index contributed by atoms with van der Waals surface area (Å²) in [6.45, 7) is 6.87. The second-order valence-corrected chi connectivity index (χ2v) is 6.83. The van der Waals surface area contributed by atoms with Crippen molar-refractivity contribution in [3.8, 4) is 0 Å². The van der Waals surface area contributed by atoms with Gasteiger partial charge in [-0.05, 0) is 43.6 Å². The van der Waals surface area contributed by atoms with Crippen LogP contribution in [0.3, 0.4) is 0 Å². The summed E-state index contributed by atoms with van der Waals surface area (Å²) in [5.41, 5.74) is 1.24. The molecule has 1 aromatic rings. The monoisotopic (exact) mass is 265 g/mol. The molecule has 0 saturated carbocycles. The van der Waals surface area contributed by atoms with E-state index in [0.717, 1.165) is 13.1 Å². The molecule has 1 fully saturated rings. The minimum Gasteiger partial charge on any atom is -0.394 e. The van der Waals surface area contributed by atoms with E-state index in [2.05, 4.69) is 43.0 Å². The number of aliphatic hydroxyl groups excluding tert-OH is 1. The maximum atomic E-state index is 9.61. The molecule has 100 valence electrons. The van der Waals surface area contributed by atoms with E-state index in [4.69, 9.17) is 0 Å². The average Bonchev–Trinajstić information content (AvgIpc) is 2.85. The summed E-state index contributed by atoms with van der Waals surface area (Å²) < 4.78 is 0. The van der Waals surface area contributed by atoms with E-state index in [0.29, 0.717) is 5.25 Å². The highest BCUT2D eigenvalue weighted by Crippen LogP contribution is 2.28. The van der Waals surface area contributed by atoms with Gasteiger partial charge in [-0.25, -0.2) is 0 Å². The number of aliphatic hydroxyl groups is 1. The Kier molecular flexibility index (Phi) is 5.10. The molecule has 0 amide bonds. The molecule has 2 rings (SSSR count). The quantitative estimate of drug-likeness (QED) is 0.826. The molecule has 1 aromatic carbocycles. The van der Waals surface area contributed by atoms with Crippen molar-refractivity contribution >= 4 is 11.8 Å². The average molecular weight is 265 g/mol. The third-order valence-corrected chi connectivity index (χ3v) is 4.41. The van der Waals surface area contributed by atoms with Crippen molar-refractivity contribution in [3.05, 3.63) is 29.8 Å². The smallest absolute Gasteiger partial charge is 0.0628 e. The molecule has 0 spiro atoms. The normalized spacial score (nSPS) is 18.4. The first-order valence-electron chi connectivity index (χ1n) is 6.82. The zero-order valence-corrected chi connectivity index (χ0v) is 12.1. The highest BCUT2D eigenvalue weighted by molar-refractivity contribution is 7.99. The van der Waals surface area contributed by atoms with Crippen LogP contribution in [0.2, 0.25) is 0 Å². The van der Waals surface area contributed by atoms with Crippen molar-refractivity contribution in [1.82, 2.24) is 4.90 Å². The molecule has 1 aliphatic heterocycles. The number of hydrogen-bond donors (Lipinski definition) is 1. The van der Waals surface area contributed by atoms with Gasteiger partial charge in [-0.2, -0.15) is 0 Å². The van der Waals surface area contributed by atoms with E-state index in [1.807, 2.05) is 11.8 Å². The fourth-order valence-electron chi connectivity index (χ4n) is 2.53. The Hall–Kier alpha value is -0.510. The van der Waals surface area contributed by atoms with Crippen LogP contribution in [-0.4, -0.2) is 35.0 Å². The molecular weight excluding hydrogens is 242 g/mol. The minimum absolute atomic E-state index is 0.186. The Labute approximate surface area is 114 Å². The first-order chi connectivity index (χ1) is 8.70. The summed E-state index contributed by atoms with van der Waals surface area (Å²) in [7, 11) is 0. The van der Waals surface area contributed by atoms with Gasteiger partial charge in [0.15, 0.2) is 0 Å². The number of thioether (sulfide) groups is 1. The standard InChI is InChI=1S/C15H23NOS/c1-12(2)18-14-7-5-13(6-8-14)15(11-17)16-9-3-4-10-16/h5-8,12,15,17H,3-4,9-11H2,1-2H3. The van der Waals surface area contributed by atoms with E-state index < -0.39 is 0 Å². The topological polar surface area (TPSA) is 23.5 Å². The molecule has 1 saturated heterocycles. The molecule has 1 aliphatic rings. The Morgan fingerprint density at radius 3 is 2.28 bits per heavy atom. The summed E-state index contributed by atoms with van der Waals surface area (Å²) in [5.74, 6) is 0. The largest absolute Gasteiger partial charge is 0.394 e. The van der Waals surface area contributed by atoms with Crippen molar-refractivity contribution < 1.29 is 5.11 Å². The van der Waals surface area contributed by atoms with Gasteiger partial charge in [0.25, 0.3) is 0 Å². The summed E-state index contributed by atoms with van der Waals surface area (Å²) in [5, 5.41) is 10.2. The predicted octanol–water partition coefficient (Wildman–Crippen LogP) is 3.32. The Bertz CT molecular complexity index is 357. The molecule has 1 atom stereocenters. The fraction of sp³-hybridized carbons (Fsp3) is 0.600. The van der Waals surface area contributed by atoms with Gasteiger partial charge in [0.2, 0.25) is 0 Å². The maximum Gasteiger partial charge on any atom is 0.0628 e. The van der Waals surface area contributed by atoms with Gasteiger partial charge in [-0.1, -0.05) is 26.0 Å². The van der Waals surface area contributed by atoms with Gasteiger partial charge in [-0.3, -0.25) is 4.90 Å². The van der Waals surface area contributed by atoms with Crippen LogP contribution in [0.15, 0.2) is 29.2 Å².